The molecule has 3 aromatic heterocycles. The lowest BCUT2D eigenvalue weighted by molar-refractivity contribution is 0.0991. The van der Waals surface area contributed by atoms with Gasteiger partial charge < -0.3 is 14.6 Å². The number of H-pyrrole nitrogens is 1. The highest BCUT2D eigenvalue weighted by Gasteiger charge is 2.20. The number of alkyl halides is 2. The Labute approximate surface area is 237 Å². The molecule has 2 N–H and O–H groups in total. The number of carbonyl (C=O) groups is 1. The zero-order valence-electron chi connectivity index (χ0n) is 22.5. The summed E-state index contributed by atoms with van der Waals surface area (Å²) in [5, 5.41) is 10.0. The lowest BCUT2D eigenvalue weighted by Gasteiger charge is -2.14. The summed E-state index contributed by atoms with van der Waals surface area (Å²) in [7, 11) is 1.66. The summed E-state index contributed by atoms with van der Waals surface area (Å²) in [6, 6.07) is 10.2. The second-order valence-corrected chi connectivity index (χ2v) is 9.83. The highest BCUT2D eigenvalue weighted by Crippen LogP contribution is 2.34. The predicted molar refractivity (Wildman–Crippen MR) is 149 cm³/mol. The van der Waals surface area contributed by atoms with Gasteiger partial charge in [-0.1, -0.05) is 18.2 Å². The van der Waals surface area contributed by atoms with Crippen molar-refractivity contribution in [2.75, 3.05) is 5.32 Å². The minimum Gasteiger partial charge on any atom is -0.453 e. The maximum absolute atomic E-state index is 15.2. The molecule has 5 aromatic rings. The van der Waals surface area contributed by atoms with Crippen LogP contribution in [0.3, 0.4) is 0 Å². The molecular weight excluding hydrogens is 554 g/mol. The first-order chi connectivity index (χ1) is 20.1. The summed E-state index contributed by atoms with van der Waals surface area (Å²) >= 11 is 0. The van der Waals surface area contributed by atoms with Crippen LogP contribution in [0.5, 0.6) is 11.5 Å². The average Bonchev–Trinajstić information content (AvgIpc) is 3.34. The molecule has 0 amide bonds. The maximum Gasteiger partial charge on any atom is 0.240 e. The fraction of sp³-hybridized carbons (Fsp3) is 0.200. The maximum atomic E-state index is 15.2. The van der Waals surface area contributed by atoms with Gasteiger partial charge in [0.25, 0.3) is 0 Å². The van der Waals surface area contributed by atoms with Crippen molar-refractivity contribution in [1.29, 1.82) is 0 Å². The van der Waals surface area contributed by atoms with Crippen LogP contribution in [-0.4, -0.2) is 38.0 Å². The standard InChI is InChI=1S/C30H25F4N5O3/c1-16(11-26(33)34)36-30-27-25(9-10-35-29(27)37-38-30)42-24-8-3-17(12-22(24)32)13-23(40)21-15-39(2)14-20(28(21)41)18-4-6-19(31)7-5-18/h3-10,12,14-16,26H,11,13H2,1-2H3,(H2,35,36,37,38). The Kier molecular flexibility index (Phi) is 8.05. The third-order valence-corrected chi connectivity index (χ3v) is 6.53. The van der Waals surface area contributed by atoms with E-state index in [1.54, 1.807) is 24.7 Å². The molecule has 0 fully saturated rings. The van der Waals surface area contributed by atoms with E-state index in [1.165, 1.54) is 54.9 Å². The van der Waals surface area contributed by atoms with Gasteiger partial charge in [-0.2, -0.15) is 5.10 Å². The van der Waals surface area contributed by atoms with Gasteiger partial charge in [0.1, 0.15) is 17.0 Å². The number of ketones is 1. The summed E-state index contributed by atoms with van der Waals surface area (Å²) in [6.07, 6.45) is 1.22. The molecule has 1 unspecified atom stereocenters. The van der Waals surface area contributed by atoms with E-state index in [1.807, 2.05) is 0 Å². The minimum atomic E-state index is -2.51. The Bertz CT molecular complexity index is 1820. The number of nitrogens with one attached hydrogen (secondary N) is 2. The average molecular weight is 580 g/mol. The Morgan fingerprint density at radius 2 is 1.83 bits per heavy atom. The summed E-state index contributed by atoms with van der Waals surface area (Å²) in [5.74, 6) is -1.47. The van der Waals surface area contributed by atoms with Crippen molar-refractivity contribution >= 4 is 22.6 Å². The summed E-state index contributed by atoms with van der Waals surface area (Å²) in [5.41, 5.74) is 0.721. The van der Waals surface area contributed by atoms with E-state index in [0.29, 0.717) is 22.2 Å². The number of fused-ring (bicyclic) bond motifs is 1. The number of Topliss-reactive ketones (excluding diaryl/α,β-unsaturated/α-hetero) is 1. The highest BCUT2D eigenvalue weighted by atomic mass is 19.3. The van der Waals surface area contributed by atoms with Crippen LogP contribution in [0.4, 0.5) is 23.4 Å². The second-order valence-electron chi connectivity index (χ2n) is 9.83. The number of halogens is 4. The molecule has 2 aromatic carbocycles. The van der Waals surface area contributed by atoms with Crippen LogP contribution in [-0.2, 0) is 13.5 Å². The lowest BCUT2D eigenvalue weighted by atomic mass is 9.99. The molecule has 3 heterocycles. The van der Waals surface area contributed by atoms with Gasteiger partial charge in [0.2, 0.25) is 6.43 Å². The number of aromatic amines is 1. The third kappa shape index (κ3) is 6.17. The largest absolute Gasteiger partial charge is 0.453 e. The van der Waals surface area contributed by atoms with E-state index in [0.717, 1.165) is 6.07 Å². The molecule has 0 saturated carbocycles. The lowest BCUT2D eigenvalue weighted by Crippen LogP contribution is -2.20. The number of aromatic nitrogens is 4. The van der Waals surface area contributed by atoms with Crippen LogP contribution in [0, 0.1) is 11.6 Å². The first-order valence-corrected chi connectivity index (χ1v) is 12.9. The molecule has 0 aliphatic heterocycles. The zero-order chi connectivity index (χ0) is 30.0. The topological polar surface area (TPSA) is 102 Å². The van der Waals surface area contributed by atoms with Gasteiger partial charge in [-0.3, -0.25) is 14.7 Å². The highest BCUT2D eigenvalue weighted by molar-refractivity contribution is 5.98. The van der Waals surface area contributed by atoms with Gasteiger partial charge >= 0.3 is 0 Å². The normalized spacial score (nSPS) is 12.1. The molecule has 12 heteroatoms. The van der Waals surface area contributed by atoms with Crippen molar-refractivity contribution in [1.82, 2.24) is 19.7 Å². The molecule has 8 nitrogen and oxygen atoms in total. The fourth-order valence-corrected chi connectivity index (χ4v) is 4.55. The number of hydrogen-bond acceptors (Lipinski definition) is 6. The van der Waals surface area contributed by atoms with E-state index >= 15 is 4.39 Å². The molecule has 0 saturated heterocycles. The fourth-order valence-electron chi connectivity index (χ4n) is 4.55. The molecule has 216 valence electrons. The number of ether oxygens (including phenoxy) is 1. The summed E-state index contributed by atoms with van der Waals surface area (Å²) in [4.78, 5) is 30.4. The van der Waals surface area contributed by atoms with E-state index in [9.17, 15) is 22.8 Å². The van der Waals surface area contributed by atoms with Crippen molar-refractivity contribution in [2.45, 2.75) is 32.2 Å². The minimum absolute atomic E-state index is 0.0831. The monoisotopic (exact) mass is 579 g/mol. The van der Waals surface area contributed by atoms with Crippen molar-refractivity contribution < 1.29 is 27.1 Å². The van der Waals surface area contributed by atoms with Gasteiger partial charge in [0.15, 0.2) is 34.2 Å². The molecule has 42 heavy (non-hydrogen) atoms. The van der Waals surface area contributed by atoms with Crippen molar-refractivity contribution in [3.63, 3.8) is 0 Å². The van der Waals surface area contributed by atoms with Crippen molar-refractivity contribution in [2.24, 2.45) is 7.05 Å². The summed E-state index contributed by atoms with van der Waals surface area (Å²) in [6.45, 7) is 1.58. The molecule has 1 atom stereocenters. The van der Waals surface area contributed by atoms with E-state index in [-0.39, 0.29) is 34.9 Å². The van der Waals surface area contributed by atoms with Crippen LogP contribution >= 0.6 is 0 Å². The number of hydrogen-bond donors (Lipinski definition) is 2. The predicted octanol–water partition coefficient (Wildman–Crippen LogP) is 6.28. The Hall–Kier alpha value is -5.00. The number of carbonyl (C=O) groups excluding carboxylic acids is 1. The molecule has 0 aliphatic carbocycles. The number of anilines is 1. The first-order valence-electron chi connectivity index (χ1n) is 12.9. The van der Waals surface area contributed by atoms with E-state index < -0.39 is 41.7 Å². The van der Waals surface area contributed by atoms with E-state index in [4.69, 9.17) is 4.74 Å². The van der Waals surface area contributed by atoms with Crippen LogP contribution in [0.1, 0.15) is 29.3 Å². The Morgan fingerprint density at radius 1 is 1.07 bits per heavy atom. The van der Waals surface area contributed by atoms with Gasteiger partial charge in [-0.25, -0.2) is 22.5 Å². The number of aryl methyl sites for hydroxylation is 1. The molecule has 0 bridgehead atoms. The molecule has 0 radical (unpaired) electrons. The van der Waals surface area contributed by atoms with Crippen LogP contribution in [0.2, 0.25) is 0 Å². The smallest absolute Gasteiger partial charge is 0.240 e. The molecule has 0 spiro atoms. The van der Waals surface area contributed by atoms with Crippen LogP contribution < -0.4 is 15.5 Å². The van der Waals surface area contributed by atoms with Crippen molar-refractivity contribution in [3.8, 4) is 22.6 Å². The Balaban J connectivity index is 1.37. The quantitative estimate of drug-likeness (QED) is 0.149. The number of pyridine rings is 2. The van der Waals surface area contributed by atoms with Gasteiger partial charge in [-0.15, -0.1) is 0 Å². The van der Waals surface area contributed by atoms with E-state index in [2.05, 4.69) is 20.5 Å². The Morgan fingerprint density at radius 3 is 2.55 bits per heavy atom. The molecule has 0 aliphatic rings. The molecule has 5 rings (SSSR count). The summed E-state index contributed by atoms with van der Waals surface area (Å²) < 4.78 is 61.5. The van der Waals surface area contributed by atoms with Crippen molar-refractivity contribution in [3.05, 3.63) is 100 Å². The zero-order valence-corrected chi connectivity index (χ0v) is 22.5. The third-order valence-electron chi connectivity index (χ3n) is 6.53. The second kappa shape index (κ2) is 11.9. The first kappa shape index (κ1) is 28.5. The van der Waals surface area contributed by atoms with Crippen LogP contribution in [0.15, 0.2) is 71.9 Å². The van der Waals surface area contributed by atoms with Gasteiger partial charge in [0.05, 0.1) is 5.56 Å². The SMILES string of the molecule is CC(CC(F)F)Nc1n[nH]c2nccc(Oc3ccc(CC(=O)c4cn(C)cc(-c5ccc(F)cc5)c4=O)cc3F)c12. The number of benzene rings is 2. The van der Waals surface area contributed by atoms with Gasteiger partial charge in [0, 0.05) is 56.2 Å². The molecular formula is C30H25F4N5O3. The van der Waals surface area contributed by atoms with Crippen LogP contribution in [0.25, 0.3) is 22.2 Å². The van der Waals surface area contributed by atoms with Gasteiger partial charge in [-0.05, 0) is 42.3 Å². The number of rotatable bonds is 10. The number of nitrogens with zero attached hydrogens (tertiary/aromatic N) is 3.